The van der Waals surface area contributed by atoms with Crippen molar-refractivity contribution < 1.29 is 19.2 Å². The molecule has 0 unspecified atom stereocenters. The van der Waals surface area contributed by atoms with Gasteiger partial charge in [-0.1, -0.05) is 41.4 Å². The van der Waals surface area contributed by atoms with Gasteiger partial charge in [-0.3, -0.25) is 14.8 Å². The summed E-state index contributed by atoms with van der Waals surface area (Å²) in [5.41, 5.74) is 1.30. The number of aromatic nitrogens is 2. The summed E-state index contributed by atoms with van der Waals surface area (Å²) in [7, 11) is 1.52. The van der Waals surface area contributed by atoms with E-state index in [1.165, 1.54) is 31.4 Å². The van der Waals surface area contributed by atoms with Crippen molar-refractivity contribution in [3.63, 3.8) is 0 Å². The van der Waals surface area contributed by atoms with Crippen LogP contribution in [-0.2, 0) is 6.54 Å². The molecule has 1 heterocycles. The second-order valence-electron chi connectivity index (χ2n) is 6.76. The highest BCUT2D eigenvalue weighted by Crippen LogP contribution is 2.32. The van der Waals surface area contributed by atoms with Crippen LogP contribution in [0.1, 0.15) is 15.9 Å². The van der Waals surface area contributed by atoms with Crippen molar-refractivity contribution in [3.8, 4) is 11.6 Å². The number of methoxy groups -OCH3 is 1. The number of carbonyl (C=O) groups excluding carboxylic acids is 1. The van der Waals surface area contributed by atoms with Gasteiger partial charge in [0.2, 0.25) is 5.88 Å². The normalized spacial score (nSPS) is 10.8. The van der Waals surface area contributed by atoms with Crippen LogP contribution in [0.5, 0.6) is 11.6 Å². The number of esters is 1. The predicted octanol–water partition coefficient (Wildman–Crippen LogP) is 5.53. The zero-order valence-corrected chi connectivity index (χ0v) is 18.1. The molecule has 162 valence electrons. The second-order valence-corrected chi connectivity index (χ2v) is 7.57. The van der Waals surface area contributed by atoms with Crippen LogP contribution in [0.15, 0.2) is 60.7 Å². The number of ether oxygens (including phenoxy) is 2. The summed E-state index contributed by atoms with van der Waals surface area (Å²) in [4.78, 5) is 23.4. The fraction of sp³-hybridized carbons (Fsp3) is 0.0909. The van der Waals surface area contributed by atoms with E-state index in [2.05, 4.69) is 5.10 Å². The van der Waals surface area contributed by atoms with E-state index in [1.807, 2.05) is 0 Å². The van der Waals surface area contributed by atoms with Gasteiger partial charge in [-0.15, -0.1) is 5.10 Å². The molecule has 32 heavy (non-hydrogen) atoms. The molecule has 0 spiro atoms. The van der Waals surface area contributed by atoms with E-state index >= 15 is 0 Å². The zero-order valence-electron chi connectivity index (χ0n) is 16.6. The predicted molar refractivity (Wildman–Crippen MR) is 120 cm³/mol. The number of carbonyl (C=O) groups is 1. The third-order valence-corrected chi connectivity index (χ3v) is 5.36. The lowest BCUT2D eigenvalue weighted by molar-refractivity contribution is -0.384. The molecule has 0 atom stereocenters. The van der Waals surface area contributed by atoms with Gasteiger partial charge in [0.25, 0.3) is 5.69 Å². The molecule has 0 aliphatic heterocycles. The van der Waals surface area contributed by atoms with E-state index < -0.39 is 10.9 Å². The van der Waals surface area contributed by atoms with Gasteiger partial charge in [0.05, 0.1) is 45.1 Å². The minimum absolute atomic E-state index is 0.0272. The number of rotatable bonds is 6. The van der Waals surface area contributed by atoms with Gasteiger partial charge in [0.1, 0.15) is 5.75 Å². The Bertz CT molecular complexity index is 1330. The van der Waals surface area contributed by atoms with Gasteiger partial charge in [-0.05, 0) is 35.9 Å². The highest BCUT2D eigenvalue weighted by atomic mass is 35.5. The molecule has 4 aromatic rings. The van der Waals surface area contributed by atoms with Crippen molar-refractivity contribution in [3.05, 3.63) is 92.0 Å². The van der Waals surface area contributed by atoms with Crippen LogP contribution in [0.2, 0.25) is 10.0 Å². The van der Waals surface area contributed by atoms with Crippen molar-refractivity contribution in [2.45, 2.75) is 6.54 Å². The quantitative estimate of drug-likeness (QED) is 0.208. The molecule has 0 aliphatic carbocycles. The summed E-state index contributed by atoms with van der Waals surface area (Å²) in [5.74, 6) is -0.184. The molecular weight excluding hydrogens is 457 g/mol. The van der Waals surface area contributed by atoms with E-state index in [0.29, 0.717) is 22.2 Å². The van der Waals surface area contributed by atoms with Crippen LogP contribution in [-0.4, -0.2) is 27.8 Å². The Morgan fingerprint density at radius 3 is 2.50 bits per heavy atom. The maximum atomic E-state index is 12.8. The van der Waals surface area contributed by atoms with Gasteiger partial charge < -0.3 is 9.47 Å². The topological polar surface area (TPSA) is 96.5 Å². The van der Waals surface area contributed by atoms with E-state index in [-0.39, 0.29) is 33.7 Å². The minimum atomic E-state index is -0.759. The van der Waals surface area contributed by atoms with E-state index in [0.717, 1.165) is 0 Å². The Labute approximate surface area is 192 Å². The molecule has 0 fully saturated rings. The van der Waals surface area contributed by atoms with Crippen LogP contribution >= 0.6 is 23.2 Å². The lowest BCUT2D eigenvalue weighted by Gasteiger charge is -2.06. The van der Waals surface area contributed by atoms with E-state index in [4.69, 9.17) is 32.7 Å². The lowest BCUT2D eigenvalue weighted by Crippen LogP contribution is -2.11. The number of nitrogens with zero attached hydrogens (tertiary/aromatic N) is 3. The maximum absolute atomic E-state index is 12.8. The summed E-state index contributed by atoms with van der Waals surface area (Å²) in [6.45, 7) is 0.217. The standard InChI is InChI=1S/C22H15Cl2N3O5/c1-31-15-8-9-19-16(11-15)21(32-22(28)20-17(23)6-3-7-18(20)24)25-26(19)12-13-4-2-5-14(10-13)27(29)30/h2-11H,12H2,1H3. The molecule has 0 bridgehead atoms. The lowest BCUT2D eigenvalue weighted by atomic mass is 10.2. The SMILES string of the molecule is COc1ccc2c(c1)c(OC(=O)c1c(Cl)cccc1Cl)nn2Cc1cccc([N+](=O)[O-])c1. The molecule has 3 aromatic carbocycles. The average Bonchev–Trinajstić information content (AvgIpc) is 3.10. The van der Waals surface area contributed by atoms with E-state index in [9.17, 15) is 14.9 Å². The fourth-order valence-electron chi connectivity index (χ4n) is 3.22. The van der Waals surface area contributed by atoms with Crippen LogP contribution in [0.3, 0.4) is 0 Å². The van der Waals surface area contributed by atoms with Crippen LogP contribution < -0.4 is 9.47 Å². The molecule has 0 aliphatic rings. The third kappa shape index (κ3) is 4.23. The average molecular weight is 472 g/mol. The number of non-ortho nitro benzene ring substituents is 1. The molecule has 10 heteroatoms. The molecule has 0 saturated heterocycles. The number of fused-ring (bicyclic) bond motifs is 1. The Morgan fingerprint density at radius 2 is 1.81 bits per heavy atom. The largest absolute Gasteiger partial charge is 0.497 e. The first kappa shape index (κ1) is 21.6. The second kappa shape index (κ2) is 8.86. The first-order valence-electron chi connectivity index (χ1n) is 9.31. The first-order chi connectivity index (χ1) is 15.4. The Morgan fingerprint density at radius 1 is 1.09 bits per heavy atom. The molecule has 0 N–H and O–H groups in total. The highest BCUT2D eigenvalue weighted by molar-refractivity contribution is 6.39. The monoisotopic (exact) mass is 471 g/mol. The van der Waals surface area contributed by atoms with Crippen LogP contribution in [0.25, 0.3) is 10.9 Å². The van der Waals surface area contributed by atoms with Gasteiger partial charge in [0, 0.05) is 12.1 Å². The van der Waals surface area contributed by atoms with Gasteiger partial charge in [-0.25, -0.2) is 4.79 Å². The number of nitro groups is 1. The molecule has 8 nitrogen and oxygen atoms in total. The zero-order chi connectivity index (χ0) is 22.8. The smallest absolute Gasteiger partial charge is 0.347 e. The number of hydrogen-bond donors (Lipinski definition) is 0. The molecular formula is C22H15Cl2N3O5. The Hall–Kier alpha value is -3.62. The van der Waals surface area contributed by atoms with Crippen molar-refractivity contribution in [2.24, 2.45) is 0 Å². The van der Waals surface area contributed by atoms with Gasteiger partial charge >= 0.3 is 5.97 Å². The summed E-state index contributed by atoms with van der Waals surface area (Å²) >= 11 is 12.2. The number of hydrogen-bond acceptors (Lipinski definition) is 6. The minimum Gasteiger partial charge on any atom is -0.497 e. The van der Waals surface area contributed by atoms with Crippen molar-refractivity contribution in [1.82, 2.24) is 9.78 Å². The molecule has 0 amide bonds. The van der Waals surface area contributed by atoms with E-state index in [1.54, 1.807) is 41.1 Å². The number of halogens is 2. The van der Waals surface area contributed by atoms with Gasteiger partial charge in [0.15, 0.2) is 0 Å². The van der Waals surface area contributed by atoms with Crippen molar-refractivity contribution in [2.75, 3.05) is 7.11 Å². The summed E-state index contributed by atoms with van der Waals surface area (Å²) < 4.78 is 12.4. The highest BCUT2D eigenvalue weighted by Gasteiger charge is 2.21. The number of nitro benzene ring substituents is 1. The molecule has 4 rings (SSSR count). The summed E-state index contributed by atoms with van der Waals surface area (Å²) in [6.07, 6.45) is 0. The fourth-order valence-corrected chi connectivity index (χ4v) is 3.78. The maximum Gasteiger partial charge on any atom is 0.347 e. The third-order valence-electron chi connectivity index (χ3n) is 4.73. The van der Waals surface area contributed by atoms with Crippen LogP contribution in [0.4, 0.5) is 5.69 Å². The van der Waals surface area contributed by atoms with Crippen LogP contribution in [0, 0.1) is 10.1 Å². The first-order valence-corrected chi connectivity index (χ1v) is 10.1. The van der Waals surface area contributed by atoms with Gasteiger partial charge in [-0.2, -0.15) is 0 Å². The summed E-state index contributed by atoms with van der Waals surface area (Å²) in [6, 6.07) is 16.1. The molecule has 0 radical (unpaired) electrons. The Kier molecular flexibility index (Phi) is 5.98. The number of benzene rings is 3. The van der Waals surface area contributed by atoms with Crippen molar-refractivity contribution in [1.29, 1.82) is 0 Å². The summed E-state index contributed by atoms with van der Waals surface area (Å²) in [5, 5.41) is 16.3. The molecule has 0 saturated carbocycles. The Balaban J connectivity index is 1.75. The molecule has 1 aromatic heterocycles. The van der Waals surface area contributed by atoms with Crippen molar-refractivity contribution >= 4 is 45.8 Å².